The molecule has 1 saturated carbocycles. The van der Waals surface area contributed by atoms with E-state index in [1.165, 1.54) is 24.0 Å². The lowest BCUT2D eigenvalue weighted by Crippen LogP contribution is -2.48. The maximum Gasteiger partial charge on any atom is 0.414 e. The molecule has 4 atom stereocenters. The Labute approximate surface area is 227 Å². The Morgan fingerprint density at radius 3 is 1.95 bits per heavy atom. The van der Waals surface area contributed by atoms with E-state index in [-0.39, 0.29) is 0 Å². The van der Waals surface area contributed by atoms with Crippen molar-refractivity contribution in [2.75, 3.05) is 40.4 Å². The highest BCUT2D eigenvalue weighted by atomic mass is 16.5. The number of nitrogens with zero attached hydrogens (tertiary/aromatic N) is 1. The van der Waals surface area contributed by atoms with Crippen LogP contribution in [-0.4, -0.2) is 101 Å². The highest BCUT2D eigenvalue weighted by Crippen LogP contribution is 2.59. The van der Waals surface area contributed by atoms with Crippen molar-refractivity contribution < 1.29 is 49.4 Å². The minimum absolute atomic E-state index is 0.292. The molecule has 3 aliphatic rings. The zero-order valence-electron chi connectivity index (χ0n) is 22.7. The minimum Gasteiger partial charge on any atom is -0.473 e. The van der Waals surface area contributed by atoms with Gasteiger partial charge in [0.05, 0.1) is 19.3 Å². The van der Waals surface area contributed by atoms with Crippen LogP contribution in [0.5, 0.6) is 0 Å². The molecule has 0 spiro atoms. The summed E-state index contributed by atoms with van der Waals surface area (Å²) in [5.74, 6) is -5.76. The van der Waals surface area contributed by atoms with Gasteiger partial charge in [0.25, 0.3) is 0 Å². The van der Waals surface area contributed by atoms with Crippen LogP contribution in [0.2, 0.25) is 0 Å². The number of nitrogens with one attached hydrogen (secondary N) is 1. The molecule has 0 amide bonds. The van der Waals surface area contributed by atoms with Crippen LogP contribution in [0.3, 0.4) is 0 Å². The molecule has 0 heterocycles. The van der Waals surface area contributed by atoms with Crippen molar-refractivity contribution in [2.45, 2.75) is 38.8 Å². The molecule has 39 heavy (non-hydrogen) atoms. The monoisotopic (exact) mass is 552 g/mol. The van der Waals surface area contributed by atoms with Crippen molar-refractivity contribution in [1.29, 1.82) is 0 Å². The van der Waals surface area contributed by atoms with E-state index in [2.05, 4.69) is 68.5 Å². The Balaban J connectivity index is 0.000000530. The third kappa shape index (κ3) is 11.1. The first-order valence-electron chi connectivity index (χ1n) is 12.5. The van der Waals surface area contributed by atoms with Gasteiger partial charge in [-0.05, 0) is 55.3 Å². The molecule has 3 aliphatic carbocycles. The molecule has 1 aromatic carbocycles. The number of carboxylic acid groups (broad SMARTS) is 4. The van der Waals surface area contributed by atoms with Crippen LogP contribution in [-0.2, 0) is 23.9 Å². The number of rotatable bonds is 10. The molecule has 4 rings (SSSR count). The summed E-state index contributed by atoms with van der Waals surface area (Å²) in [4.78, 5) is 38.6. The van der Waals surface area contributed by atoms with Gasteiger partial charge in [0.2, 0.25) is 0 Å². The minimum atomic E-state index is -1.82. The van der Waals surface area contributed by atoms with Crippen molar-refractivity contribution in [3.8, 4) is 0 Å². The molecular formula is C27H40N2O10. The fourth-order valence-corrected chi connectivity index (χ4v) is 4.67. The van der Waals surface area contributed by atoms with Crippen LogP contribution in [0, 0.1) is 17.3 Å². The van der Waals surface area contributed by atoms with Crippen molar-refractivity contribution in [3.63, 3.8) is 0 Å². The zero-order chi connectivity index (χ0) is 29.8. The SMILES string of the molecule is CN(C)C(CNCC(O)COCC1=CCC2CC1C2(C)C)c1ccccc1.O=C(O)C(=O)O.O=C(O)C(=O)O. The van der Waals surface area contributed by atoms with E-state index in [0.717, 1.165) is 12.5 Å². The number of likely N-dealkylation sites (N-methyl/N-ethyl adjacent to an activating group) is 1. The summed E-state index contributed by atoms with van der Waals surface area (Å²) in [5, 5.41) is 43.2. The number of hydrogen-bond acceptors (Lipinski definition) is 8. The van der Waals surface area contributed by atoms with Crippen molar-refractivity contribution >= 4 is 23.9 Å². The summed E-state index contributed by atoms with van der Waals surface area (Å²) >= 11 is 0. The topological polar surface area (TPSA) is 194 Å². The van der Waals surface area contributed by atoms with Crippen molar-refractivity contribution in [1.82, 2.24) is 10.2 Å². The number of aliphatic carboxylic acids is 4. The lowest BCUT2D eigenvalue weighted by molar-refractivity contribution is -0.159. The van der Waals surface area contributed by atoms with Crippen LogP contribution in [0.25, 0.3) is 0 Å². The van der Waals surface area contributed by atoms with E-state index < -0.39 is 30.0 Å². The number of fused-ring (bicyclic) bond motifs is 1. The molecule has 0 saturated heterocycles. The molecule has 4 unspecified atom stereocenters. The number of allylic oxidation sites excluding steroid dienone is 1. The van der Waals surface area contributed by atoms with Gasteiger partial charge >= 0.3 is 23.9 Å². The number of hydrogen-bond donors (Lipinski definition) is 6. The first-order chi connectivity index (χ1) is 18.2. The standard InChI is InChI=1S/C23H36N2O2.2C2H2O4/c1-23(2)19-11-10-18(21(23)12-19)15-27-16-20(26)13-24-14-22(25(3)4)17-8-6-5-7-9-17;2*3-1(4)2(5)6/h5-10,19-22,24,26H,11-16H2,1-4H3;2*(H,3,4)(H,5,6). The molecule has 12 nitrogen and oxygen atoms in total. The number of aliphatic hydroxyl groups excluding tert-OH is 1. The lowest BCUT2D eigenvalue weighted by atomic mass is 9.49. The number of carboxylic acids is 4. The second-order valence-corrected chi connectivity index (χ2v) is 10.3. The van der Waals surface area contributed by atoms with Gasteiger partial charge in [-0.2, -0.15) is 0 Å². The van der Waals surface area contributed by atoms with Gasteiger partial charge in [-0.25, -0.2) is 19.2 Å². The fourth-order valence-electron chi connectivity index (χ4n) is 4.67. The van der Waals surface area contributed by atoms with Crippen LogP contribution in [0.4, 0.5) is 0 Å². The van der Waals surface area contributed by atoms with Crippen LogP contribution in [0.15, 0.2) is 42.0 Å². The Kier molecular flexibility index (Phi) is 13.8. The number of benzene rings is 1. The van der Waals surface area contributed by atoms with E-state index >= 15 is 0 Å². The quantitative estimate of drug-likeness (QED) is 0.181. The van der Waals surface area contributed by atoms with Gasteiger partial charge in [-0.3, -0.25) is 0 Å². The number of ether oxygens (including phenoxy) is 1. The maximum atomic E-state index is 10.3. The molecule has 218 valence electrons. The highest BCUT2D eigenvalue weighted by molar-refractivity contribution is 6.27. The average Bonchev–Trinajstić information content (AvgIpc) is 2.87. The van der Waals surface area contributed by atoms with Crippen LogP contribution < -0.4 is 5.32 Å². The van der Waals surface area contributed by atoms with E-state index in [1.54, 1.807) is 0 Å². The highest BCUT2D eigenvalue weighted by Gasteiger charge is 2.50. The summed E-state index contributed by atoms with van der Waals surface area (Å²) in [6.45, 7) is 7.17. The maximum absolute atomic E-state index is 10.3. The lowest BCUT2D eigenvalue weighted by Gasteiger charge is -2.56. The molecule has 1 aromatic rings. The second-order valence-electron chi connectivity index (χ2n) is 10.3. The fraction of sp³-hybridized carbons (Fsp3) is 0.556. The molecule has 1 fully saturated rings. The van der Waals surface area contributed by atoms with Gasteiger partial charge in [0, 0.05) is 19.1 Å². The van der Waals surface area contributed by atoms with Gasteiger partial charge in [0.1, 0.15) is 0 Å². The Morgan fingerprint density at radius 2 is 1.51 bits per heavy atom. The number of aliphatic hydroxyl groups is 1. The van der Waals surface area contributed by atoms with Crippen molar-refractivity contribution in [2.24, 2.45) is 17.3 Å². The predicted octanol–water partition coefficient (Wildman–Crippen LogP) is 1.56. The Morgan fingerprint density at radius 1 is 0.974 bits per heavy atom. The number of carbonyl (C=O) groups is 4. The Bertz CT molecular complexity index is 946. The van der Waals surface area contributed by atoms with Gasteiger partial charge in [-0.1, -0.05) is 50.3 Å². The Hall–Kier alpha value is -3.32. The first-order valence-corrected chi connectivity index (χ1v) is 12.5. The predicted molar refractivity (Wildman–Crippen MR) is 141 cm³/mol. The summed E-state index contributed by atoms with van der Waals surface area (Å²) in [6, 6.07) is 10.8. The van der Waals surface area contributed by atoms with E-state index in [9.17, 15) is 5.11 Å². The summed E-state index contributed by atoms with van der Waals surface area (Å²) in [6.07, 6.45) is 4.40. The summed E-state index contributed by atoms with van der Waals surface area (Å²) in [5.41, 5.74) is 3.16. The van der Waals surface area contributed by atoms with Crippen LogP contribution in [0.1, 0.15) is 38.3 Å². The largest absolute Gasteiger partial charge is 0.473 e. The van der Waals surface area contributed by atoms with Gasteiger partial charge < -0.3 is 40.5 Å². The summed E-state index contributed by atoms with van der Waals surface area (Å²) < 4.78 is 5.84. The zero-order valence-corrected chi connectivity index (χ0v) is 22.7. The summed E-state index contributed by atoms with van der Waals surface area (Å²) in [7, 11) is 4.17. The molecule has 2 bridgehead atoms. The molecule has 0 aromatic heterocycles. The molecular weight excluding hydrogens is 512 g/mol. The average molecular weight is 553 g/mol. The van der Waals surface area contributed by atoms with E-state index in [1.807, 2.05) is 6.07 Å². The second kappa shape index (κ2) is 15.9. The van der Waals surface area contributed by atoms with Gasteiger partial charge in [0.15, 0.2) is 0 Å². The van der Waals surface area contributed by atoms with E-state index in [4.69, 9.17) is 44.3 Å². The molecule has 6 N–H and O–H groups in total. The molecule has 0 radical (unpaired) electrons. The van der Waals surface area contributed by atoms with E-state index in [0.29, 0.717) is 37.1 Å². The molecule has 12 heteroatoms. The van der Waals surface area contributed by atoms with Crippen LogP contribution >= 0.6 is 0 Å². The molecule has 0 aliphatic heterocycles. The first kappa shape index (κ1) is 33.7. The van der Waals surface area contributed by atoms with Gasteiger partial charge in [-0.15, -0.1) is 0 Å². The smallest absolute Gasteiger partial charge is 0.414 e. The third-order valence-electron chi connectivity index (χ3n) is 7.05. The van der Waals surface area contributed by atoms with Crippen molar-refractivity contribution in [3.05, 3.63) is 47.5 Å². The normalized spacial score (nSPS) is 20.0. The third-order valence-corrected chi connectivity index (χ3v) is 7.05.